The summed E-state index contributed by atoms with van der Waals surface area (Å²) in [6.07, 6.45) is -0.595. The molecule has 2 N–H and O–H groups in total. The summed E-state index contributed by atoms with van der Waals surface area (Å²) >= 11 is 0. The molecule has 6 aromatic carbocycles. The number of hydrogen-bond acceptors (Lipinski definition) is 9. The van der Waals surface area contributed by atoms with Gasteiger partial charge in [0.15, 0.2) is 13.2 Å². The van der Waals surface area contributed by atoms with Crippen LogP contribution >= 0.6 is 0 Å². The number of carbonyl (C=O) groups is 3. The number of nitrogens with one attached hydrogen (secondary N) is 2. The van der Waals surface area contributed by atoms with Crippen molar-refractivity contribution in [1.82, 2.24) is 10.6 Å². The van der Waals surface area contributed by atoms with Gasteiger partial charge in [0, 0.05) is 24.1 Å². The molecule has 306 valence electrons. The smallest absolute Gasteiger partial charge is 0.407 e. The Kier molecular flexibility index (Phi) is 13.3. The van der Waals surface area contributed by atoms with Crippen molar-refractivity contribution in [3.05, 3.63) is 178 Å². The minimum Gasteiger partial charge on any atom is -0.497 e. The Morgan fingerprint density at radius 3 is 1.88 bits per heavy atom. The number of fused-ring (bicyclic) bond motifs is 3. The van der Waals surface area contributed by atoms with Crippen LogP contribution in [0.5, 0.6) is 23.0 Å². The Morgan fingerprint density at radius 1 is 0.633 bits per heavy atom. The third kappa shape index (κ3) is 10.2. The van der Waals surface area contributed by atoms with E-state index in [-0.39, 0.29) is 38.3 Å². The van der Waals surface area contributed by atoms with Crippen LogP contribution in [0.2, 0.25) is 0 Å². The normalized spacial score (nSPS) is 12.0. The molecular formula is C49H46N2O9. The first-order valence-corrected chi connectivity index (χ1v) is 19.5. The van der Waals surface area contributed by atoms with Crippen LogP contribution in [0, 0.1) is 6.92 Å². The lowest BCUT2D eigenvalue weighted by Gasteiger charge is -2.23. The van der Waals surface area contributed by atoms with Gasteiger partial charge >= 0.3 is 12.1 Å². The SMILES string of the molecule is COc1ccc(C(NC(=O)OCC2c3ccccc3-c3ccccc32)c2ccc(OCC(=O)OCc3ccc(OCC(=O)NCc4ccc(C)cc4)cc3)cc2)c(OC)c1. The number of ether oxygens (including phenoxy) is 6. The predicted molar refractivity (Wildman–Crippen MR) is 226 cm³/mol. The molecule has 0 aliphatic heterocycles. The molecule has 1 aliphatic carbocycles. The first-order chi connectivity index (χ1) is 29.3. The molecule has 0 saturated carbocycles. The van der Waals surface area contributed by atoms with Crippen molar-refractivity contribution in [3.8, 4) is 34.1 Å². The molecule has 6 aromatic rings. The zero-order valence-corrected chi connectivity index (χ0v) is 33.6. The summed E-state index contributed by atoms with van der Waals surface area (Å²) in [4.78, 5) is 38.4. The molecule has 1 unspecified atom stereocenters. The number of esters is 1. The van der Waals surface area contributed by atoms with Crippen molar-refractivity contribution in [2.75, 3.05) is 34.0 Å². The number of amides is 2. The van der Waals surface area contributed by atoms with Crippen molar-refractivity contribution in [3.63, 3.8) is 0 Å². The van der Waals surface area contributed by atoms with E-state index in [4.69, 9.17) is 28.4 Å². The maximum absolute atomic E-state index is 13.6. The standard InChI is InChI=1S/C49H46N2O9/c1-32-12-14-33(15-13-32)27-50-46(52)30-57-36-20-16-34(17-21-36)28-59-47(53)31-58-37-22-18-35(19-23-37)48(43-25-24-38(55-2)26-45(43)56-3)51-49(54)60-29-44-41-10-6-4-8-39(41)40-9-5-7-11-42(40)44/h4-26,44,48H,27-31H2,1-3H3,(H,50,52)(H,51,54). The fourth-order valence-corrected chi connectivity index (χ4v) is 7.05. The van der Waals surface area contributed by atoms with Gasteiger partial charge in [0.05, 0.1) is 20.3 Å². The van der Waals surface area contributed by atoms with Gasteiger partial charge in [-0.2, -0.15) is 0 Å². The highest BCUT2D eigenvalue weighted by Gasteiger charge is 2.30. The highest BCUT2D eigenvalue weighted by Crippen LogP contribution is 2.44. The maximum atomic E-state index is 13.6. The summed E-state index contributed by atoms with van der Waals surface area (Å²) in [6.45, 7) is 2.19. The van der Waals surface area contributed by atoms with E-state index in [0.717, 1.165) is 44.5 Å². The van der Waals surface area contributed by atoms with Gasteiger partial charge in [-0.1, -0.05) is 103 Å². The van der Waals surface area contributed by atoms with Crippen LogP contribution in [-0.4, -0.2) is 52.0 Å². The van der Waals surface area contributed by atoms with Gasteiger partial charge in [0.2, 0.25) is 0 Å². The number of hydrogen-bond donors (Lipinski definition) is 2. The molecule has 7 rings (SSSR count). The fraction of sp³-hybridized carbons (Fsp3) is 0.204. The van der Waals surface area contributed by atoms with Crippen LogP contribution in [0.4, 0.5) is 4.79 Å². The number of rotatable bonds is 17. The van der Waals surface area contributed by atoms with Crippen LogP contribution < -0.4 is 29.6 Å². The van der Waals surface area contributed by atoms with Crippen molar-refractivity contribution in [2.45, 2.75) is 32.0 Å². The van der Waals surface area contributed by atoms with Gasteiger partial charge in [-0.05, 0) is 82.3 Å². The molecule has 0 heterocycles. The molecule has 0 bridgehead atoms. The van der Waals surface area contributed by atoms with Crippen LogP contribution in [0.25, 0.3) is 11.1 Å². The number of benzene rings is 6. The van der Waals surface area contributed by atoms with Gasteiger partial charge in [0.1, 0.15) is 36.2 Å². The Labute approximate surface area is 349 Å². The van der Waals surface area contributed by atoms with Crippen LogP contribution in [0.15, 0.2) is 140 Å². The number of alkyl carbamates (subject to hydrolysis) is 1. The van der Waals surface area contributed by atoms with E-state index in [1.165, 1.54) is 0 Å². The second-order valence-electron chi connectivity index (χ2n) is 14.2. The quantitative estimate of drug-likeness (QED) is 0.0873. The molecule has 1 atom stereocenters. The van der Waals surface area contributed by atoms with Gasteiger partial charge in [-0.15, -0.1) is 0 Å². The maximum Gasteiger partial charge on any atom is 0.407 e. The molecule has 1 aliphatic rings. The molecule has 11 heteroatoms. The average Bonchev–Trinajstić information content (AvgIpc) is 3.61. The predicted octanol–water partition coefficient (Wildman–Crippen LogP) is 8.46. The van der Waals surface area contributed by atoms with Crippen LogP contribution in [0.3, 0.4) is 0 Å². The van der Waals surface area contributed by atoms with Crippen molar-refractivity contribution >= 4 is 18.0 Å². The Hall–Kier alpha value is -7.27. The largest absolute Gasteiger partial charge is 0.497 e. The van der Waals surface area contributed by atoms with E-state index in [1.54, 1.807) is 74.9 Å². The lowest BCUT2D eigenvalue weighted by atomic mass is 9.97. The number of carbonyl (C=O) groups excluding carboxylic acids is 3. The Bertz CT molecular complexity index is 2370. The summed E-state index contributed by atoms with van der Waals surface area (Å²) in [5, 5.41) is 5.88. The molecule has 0 aromatic heterocycles. The van der Waals surface area contributed by atoms with Crippen molar-refractivity contribution < 1.29 is 42.8 Å². The third-order valence-electron chi connectivity index (χ3n) is 10.2. The summed E-state index contributed by atoms with van der Waals surface area (Å²) in [7, 11) is 3.13. The molecular weight excluding hydrogens is 761 g/mol. The van der Waals surface area contributed by atoms with E-state index in [9.17, 15) is 14.4 Å². The monoisotopic (exact) mass is 806 g/mol. The Morgan fingerprint density at radius 2 is 1.23 bits per heavy atom. The highest BCUT2D eigenvalue weighted by molar-refractivity contribution is 5.79. The topological polar surface area (TPSA) is 131 Å². The third-order valence-corrected chi connectivity index (χ3v) is 10.2. The van der Waals surface area contributed by atoms with Crippen LogP contribution in [-0.2, 0) is 32.2 Å². The summed E-state index contributed by atoms with van der Waals surface area (Å²) < 4.78 is 33.8. The summed E-state index contributed by atoms with van der Waals surface area (Å²) in [6, 6.07) is 43.0. The molecule has 0 spiro atoms. The van der Waals surface area contributed by atoms with Crippen molar-refractivity contribution in [1.29, 1.82) is 0 Å². The number of methoxy groups -OCH3 is 2. The minimum atomic E-state index is -0.668. The summed E-state index contributed by atoms with van der Waals surface area (Å²) in [5.41, 5.74) is 8.83. The lowest BCUT2D eigenvalue weighted by Crippen LogP contribution is -2.31. The zero-order chi connectivity index (χ0) is 41.8. The number of aryl methyl sites for hydroxylation is 1. The molecule has 0 radical (unpaired) electrons. The molecule has 0 saturated heterocycles. The highest BCUT2D eigenvalue weighted by atomic mass is 16.6. The second kappa shape index (κ2) is 19.5. The average molecular weight is 807 g/mol. The van der Waals surface area contributed by atoms with Gasteiger partial charge in [0.25, 0.3) is 5.91 Å². The Balaban J connectivity index is 0.917. The zero-order valence-electron chi connectivity index (χ0n) is 33.6. The fourth-order valence-electron chi connectivity index (χ4n) is 7.05. The van der Waals surface area contributed by atoms with Gasteiger partial charge in [-0.3, -0.25) is 4.79 Å². The van der Waals surface area contributed by atoms with E-state index in [1.807, 2.05) is 61.5 Å². The van der Waals surface area contributed by atoms with Gasteiger partial charge in [-0.25, -0.2) is 9.59 Å². The van der Waals surface area contributed by atoms with Gasteiger partial charge < -0.3 is 39.1 Å². The van der Waals surface area contributed by atoms with E-state index in [2.05, 4.69) is 34.9 Å². The second-order valence-corrected chi connectivity index (χ2v) is 14.2. The minimum absolute atomic E-state index is 0.0331. The van der Waals surface area contributed by atoms with Crippen molar-refractivity contribution in [2.24, 2.45) is 0 Å². The first-order valence-electron chi connectivity index (χ1n) is 19.5. The summed E-state index contributed by atoms with van der Waals surface area (Å²) in [5.74, 6) is 1.18. The molecule has 0 fully saturated rings. The lowest BCUT2D eigenvalue weighted by molar-refractivity contribution is -0.147. The molecule has 60 heavy (non-hydrogen) atoms. The van der Waals surface area contributed by atoms with E-state index < -0.39 is 18.1 Å². The molecule has 2 amide bonds. The van der Waals surface area contributed by atoms with E-state index >= 15 is 0 Å². The first kappa shape index (κ1) is 40.9. The molecule has 11 nitrogen and oxygen atoms in total. The van der Waals surface area contributed by atoms with E-state index in [0.29, 0.717) is 35.1 Å². The van der Waals surface area contributed by atoms with Crippen LogP contribution in [0.1, 0.15) is 50.9 Å².